The minimum absolute atomic E-state index is 0.483. The molecule has 0 saturated heterocycles. The summed E-state index contributed by atoms with van der Waals surface area (Å²) in [6.45, 7) is 4.40. The highest BCUT2D eigenvalue weighted by Crippen LogP contribution is 2.45. The molecule has 0 radical (unpaired) electrons. The first-order chi connectivity index (χ1) is 7.74. The van der Waals surface area contributed by atoms with Gasteiger partial charge in [-0.15, -0.1) is 11.3 Å². The van der Waals surface area contributed by atoms with Crippen LogP contribution in [0.2, 0.25) is 0 Å². The first-order valence-electron chi connectivity index (χ1n) is 6.40. The molecule has 0 aliphatic heterocycles. The van der Waals surface area contributed by atoms with Crippen molar-refractivity contribution in [2.75, 3.05) is 0 Å². The predicted octanol–water partition coefficient (Wildman–Crippen LogP) is 3.29. The quantitative estimate of drug-likeness (QED) is 0.871. The van der Waals surface area contributed by atoms with Gasteiger partial charge in [0.15, 0.2) is 0 Å². The van der Waals surface area contributed by atoms with Crippen LogP contribution in [0, 0.1) is 18.8 Å². The first-order valence-corrected chi connectivity index (χ1v) is 7.28. The van der Waals surface area contributed by atoms with Gasteiger partial charge in [-0.05, 0) is 44.9 Å². The summed E-state index contributed by atoms with van der Waals surface area (Å²) in [7, 11) is 0. The third-order valence-electron chi connectivity index (χ3n) is 4.38. The Hall–Kier alpha value is -0.410. The fraction of sp³-hybridized carbons (Fsp3) is 0.769. The van der Waals surface area contributed by atoms with Gasteiger partial charge >= 0.3 is 0 Å². The number of hydrogen-bond donors (Lipinski definition) is 1. The molecule has 1 aromatic rings. The van der Waals surface area contributed by atoms with Crippen molar-refractivity contribution in [2.24, 2.45) is 11.8 Å². The molecular formula is C13H20N2S. The van der Waals surface area contributed by atoms with Crippen LogP contribution >= 0.6 is 11.3 Å². The van der Waals surface area contributed by atoms with E-state index in [9.17, 15) is 0 Å². The average molecular weight is 236 g/mol. The second-order valence-electron chi connectivity index (χ2n) is 5.47. The second kappa shape index (κ2) is 4.11. The van der Waals surface area contributed by atoms with Gasteiger partial charge in [0, 0.05) is 17.0 Å². The van der Waals surface area contributed by atoms with Crippen LogP contribution in [0.15, 0.2) is 5.51 Å². The van der Waals surface area contributed by atoms with Crippen molar-refractivity contribution >= 4 is 11.3 Å². The van der Waals surface area contributed by atoms with E-state index in [0.717, 1.165) is 17.9 Å². The molecule has 88 valence electrons. The molecule has 3 heteroatoms. The van der Waals surface area contributed by atoms with E-state index in [4.69, 9.17) is 0 Å². The highest BCUT2D eigenvalue weighted by Gasteiger charge is 2.39. The number of hydrogen-bond acceptors (Lipinski definition) is 3. The fourth-order valence-corrected chi connectivity index (χ4v) is 4.39. The van der Waals surface area contributed by atoms with Gasteiger partial charge in [-0.25, -0.2) is 4.98 Å². The van der Waals surface area contributed by atoms with Crippen LogP contribution in [0.3, 0.4) is 0 Å². The summed E-state index contributed by atoms with van der Waals surface area (Å²) in [5.41, 5.74) is 3.16. The summed E-state index contributed by atoms with van der Waals surface area (Å²) >= 11 is 1.79. The molecule has 2 aliphatic carbocycles. The van der Waals surface area contributed by atoms with Gasteiger partial charge in [-0.1, -0.05) is 6.42 Å². The van der Waals surface area contributed by atoms with Crippen LogP contribution in [0.5, 0.6) is 0 Å². The summed E-state index contributed by atoms with van der Waals surface area (Å²) in [4.78, 5) is 5.76. The number of aryl methyl sites for hydroxylation is 1. The maximum absolute atomic E-state index is 4.34. The molecule has 2 bridgehead atoms. The third-order valence-corrected chi connectivity index (χ3v) is 5.49. The standard InChI is InChI=1S/C13H20N2S/c1-8-13(16-7-14-8)9(2)15-12-6-10-3-4-11(12)5-10/h7,9-12,15H,3-6H2,1-2H3. The summed E-state index contributed by atoms with van der Waals surface area (Å²) in [6, 6.07) is 1.26. The summed E-state index contributed by atoms with van der Waals surface area (Å²) in [5.74, 6) is 1.98. The van der Waals surface area contributed by atoms with Crippen molar-refractivity contribution in [3.63, 3.8) is 0 Å². The van der Waals surface area contributed by atoms with Crippen molar-refractivity contribution in [1.29, 1.82) is 0 Å². The molecule has 1 aromatic heterocycles. The summed E-state index contributed by atoms with van der Waals surface area (Å²) < 4.78 is 0. The topological polar surface area (TPSA) is 24.9 Å². The van der Waals surface area contributed by atoms with Crippen LogP contribution in [0.25, 0.3) is 0 Å². The van der Waals surface area contributed by atoms with Crippen molar-refractivity contribution in [3.8, 4) is 0 Å². The zero-order valence-electron chi connectivity index (χ0n) is 10.1. The molecule has 1 N–H and O–H groups in total. The zero-order chi connectivity index (χ0) is 11.1. The highest BCUT2D eigenvalue weighted by atomic mass is 32.1. The first kappa shape index (κ1) is 10.7. The van der Waals surface area contributed by atoms with Gasteiger partial charge in [0.2, 0.25) is 0 Å². The van der Waals surface area contributed by atoms with E-state index in [-0.39, 0.29) is 0 Å². The minimum atomic E-state index is 0.483. The molecule has 0 spiro atoms. The van der Waals surface area contributed by atoms with Gasteiger partial charge in [0.25, 0.3) is 0 Å². The Morgan fingerprint density at radius 1 is 1.44 bits per heavy atom. The molecule has 4 atom stereocenters. The van der Waals surface area contributed by atoms with E-state index in [0.29, 0.717) is 6.04 Å². The summed E-state index contributed by atoms with van der Waals surface area (Å²) in [6.07, 6.45) is 5.83. The van der Waals surface area contributed by atoms with Crippen molar-refractivity contribution in [2.45, 2.75) is 51.6 Å². The van der Waals surface area contributed by atoms with Crippen LogP contribution in [0.1, 0.15) is 49.2 Å². The molecular weight excluding hydrogens is 216 g/mol. The molecule has 0 aromatic carbocycles. The normalized spacial score (nSPS) is 34.5. The molecule has 16 heavy (non-hydrogen) atoms. The predicted molar refractivity (Wildman–Crippen MR) is 67.6 cm³/mol. The van der Waals surface area contributed by atoms with E-state index < -0.39 is 0 Å². The van der Waals surface area contributed by atoms with E-state index in [2.05, 4.69) is 24.1 Å². The largest absolute Gasteiger partial charge is 0.306 e. The Bertz CT molecular complexity index is 374. The van der Waals surface area contributed by atoms with Gasteiger partial charge in [0.05, 0.1) is 11.2 Å². The third kappa shape index (κ3) is 1.80. The minimum Gasteiger partial charge on any atom is -0.306 e. The van der Waals surface area contributed by atoms with Crippen molar-refractivity contribution in [1.82, 2.24) is 10.3 Å². The maximum Gasteiger partial charge on any atom is 0.0798 e. The fourth-order valence-electron chi connectivity index (χ4n) is 3.57. The number of nitrogens with one attached hydrogen (secondary N) is 1. The average Bonchev–Trinajstić information content (AvgIpc) is 2.92. The lowest BCUT2D eigenvalue weighted by Crippen LogP contribution is -2.35. The Labute approximate surface area is 101 Å². The van der Waals surface area contributed by atoms with E-state index in [1.54, 1.807) is 11.3 Å². The van der Waals surface area contributed by atoms with E-state index >= 15 is 0 Å². The molecule has 4 unspecified atom stereocenters. The van der Waals surface area contributed by atoms with Gasteiger partial charge in [0.1, 0.15) is 0 Å². The van der Waals surface area contributed by atoms with E-state index in [1.165, 1.54) is 36.3 Å². The molecule has 1 heterocycles. The van der Waals surface area contributed by atoms with Gasteiger partial charge in [-0.3, -0.25) is 0 Å². The van der Waals surface area contributed by atoms with Crippen LogP contribution in [-0.4, -0.2) is 11.0 Å². The monoisotopic (exact) mass is 236 g/mol. The molecule has 3 rings (SSSR count). The SMILES string of the molecule is Cc1ncsc1C(C)NC1CC2CCC1C2. The maximum atomic E-state index is 4.34. The molecule has 0 amide bonds. The Morgan fingerprint density at radius 2 is 2.31 bits per heavy atom. The lowest BCUT2D eigenvalue weighted by molar-refractivity contribution is 0.328. The van der Waals surface area contributed by atoms with E-state index in [1.807, 2.05) is 5.51 Å². The van der Waals surface area contributed by atoms with Gasteiger partial charge in [-0.2, -0.15) is 0 Å². The number of rotatable bonds is 3. The Kier molecular flexibility index (Phi) is 2.76. The van der Waals surface area contributed by atoms with Gasteiger partial charge < -0.3 is 5.32 Å². The van der Waals surface area contributed by atoms with Crippen molar-refractivity contribution < 1.29 is 0 Å². The number of fused-ring (bicyclic) bond motifs is 2. The van der Waals surface area contributed by atoms with Crippen LogP contribution in [0.4, 0.5) is 0 Å². The molecule has 2 nitrogen and oxygen atoms in total. The molecule has 2 saturated carbocycles. The van der Waals surface area contributed by atoms with Crippen LogP contribution in [-0.2, 0) is 0 Å². The highest BCUT2D eigenvalue weighted by molar-refractivity contribution is 7.09. The zero-order valence-corrected chi connectivity index (χ0v) is 10.9. The Balaban J connectivity index is 1.65. The smallest absolute Gasteiger partial charge is 0.0798 e. The molecule has 2 aliphatic rings. The number of aromatic nitrogens is 1. The second-order valence-corrected chi connectivity index (χ2v) is 6.36. The van der Waals surface area contributed by atoms with Crippen molar-refractivity contribution in [3.05, 3.63) is 16.1 Å². The number of nitrogens with zero attached hydrogens (tertiary/aromatic N) is 1. The lowest BCUT2D eigenvalue weighted by Gasteiger charge is -2.26. The Morgan fingerprint density at radius 3 is 2.88 bits per heavy atom. The number of thiazole rings is 1. The van der Waals surface area contributed by atoms with Crippen LogP contribution < -0.4 is 5.32 Å². The lowest BCUT2D eigenvalue weighted by atomic mass is 9.94. The summed E-state index contributed by atoms with van der Waals surface area (Å²) in [5, 5.41) is 3.82. The molecule has 2 fully saturated rings.